The Morgan fingerprint density at radius 2 is 1.86 bits per heavy atom. The Morgan fingerprint density at radius 1 is 1.14 bits per heavy atom. The van der Waals surface area contributed by atoms with E-state index in [9.17, 15) is 28.3 Å². The number of aromatic hydroxyl groups is 1. The number of fused-ring (bicyclic) bond motifs is 1. The molecule has 4 N–H and O–H groups in total. The number of aromatic amines is 1. The molecular weight excluding hydrogens is 410 g/mol. The van der Waals surface area contributed by atoms with Gasteiger partial charge in [0, 0.05) is 16.8 Å². The van der Waals surface area contributed by atoms with Crippen LogP contribution in [0.25, 0.3) is 10.9 Å². The zero-order valence-corrected chi connectivity index (χ0v) is 15.3. The van der Waals surface area contributed by atoms with Crippen LogP contribution in [0.4, 0.5) is 8.78 Å². The van der Waals surface area contributed by atoms with Gasteiger partial charge in [-0.1, -0.05) is 17.7 Å². The summed E-state index contributed by atoms with van der Waals surface area (Å²) in [4.78, 5) is 37.3. The summed E-state index contributed by atoms with van der Waals surface area (Å²) in [5.74, 6) is -4.73. The van der Waals surface area contributed by atoms with Gasteiger partial charge in [-0.15, -0.1) is 0 Å². The van der Waals surface area contributed by atoms with Crippen LogP contribution in [0.15, 0.2) is 35.1 Å². The van der Waals surface area contributed by atoms with Crippen LogP contribution < -0.4 is 10.9 Å². The van der Waals surface area contributed by atoms with E-state index >= 15 is 0 Å². The first-order chi connectivity index (χ1) is 13.7. The fraction of sp³-hybridized carbons (Fsp3) is 0.105. The van der Waals surface area contributed by atoms with E-state index < -0.39 is 46.9 Å². The largest absolute Gasteiger partial charge is 0.506 e. The molecule has 0 aliphatic rings. The molecule has 0 aliphatic carbocycles. The second-order valence-corrected chi connectivity index (χ2v) is 6.59. The Balaban J connectivity index is 2.13. The number of carboxylic acids is 1. The number of nitrogens with one attached hydrogen (secondary N) is 2. The lowest BCUT2D eigenvalue weighted by Crippen LogP contribution is -2.33. The van der Waals surface area contributed by atoms with Crippen LogP contribution in [0.1, 0.15) is 21.5 Å². The maximum Gasteiger partial charge on any atom is 0.322 e. The summed E-state index contributed by atoms with van der Waals surface area (Å²) in [6.07, 6.45) is -0.128. The Morgan fingerprint density at radius 3 is 2.52 bits per heavy atom. The van der Waals surface area contributed by atoms with Gasteiger partial charge in [-0.05, 0) is 35.4 Å². The first-order valence-corrected chi connectivity index (χ1v) is 8.56. The summed E-state index contributed by atoms with van der Waals surface area (Å²) < 4.78 is 28.3. The Labute approximate surface area is 166 Å². The molecule has 1 amide bonds. The molecule has 2 aromatic carbocycles. The van der Waals surface area contributed by atoms with E-state index in [1.54, 1.807) is 0 Å². The third-order valence-corrected chi connectivity index (χ3v) is 4.40. The lowest BCUT2D eigenvalue weighted by Gasteiger charge is -2.12. The van der Waals surface area contributed by atoms with Gasteiger partial charge in [0.05, 0.1) is 5.52 Å². The highest BCUT2D eigenvalue weighted by molar-refractivity contribution is 6.30. The molecule has 0 fully saturated rings. The van der Waals surface area contributed by atoms with Crippen LogP contribution in [0.3, 0.4) is 0 Å². The van der Waals surface area contributed by atoms with Crippen LogP contribution in [0, 0.1) is 11.6 Å². The van der Waals surface area contributed by atoms with E-state index in [0.717, 1.165) is 18.2 Å². The van der Waals surface area contributed by atoms with Crippen LogP contribution in [-0.4, -0.2) is 33.6 Å². The average molecular weight is 423 g/mol. The molecule has 0 atom stereocenters. The average Bonchev–Trinajstić information content (AvgIpc) is 2.63. The number of amides is 1. The molecule has 10 heteroatoms. The van der Waals surface area contributed by atoms with Crippen molar-refractivity contribution >= 4 is 34.4 Å². The second-order valence-electron chi connectivity index (χ2n) is 6.15. The number of carbonyl (C=O) groups is 2. The van der Waals surface area contributed by atoms with Gasteiger partial charge < -0.3 is 20.5 Å². The third kappa shape index (κ3) is 4.19. The fourth-order valence-electron chi connectivity index (χ4n) is 2.88. The van der Waals surface area contributed by atoms with Crippen molar-refractivity contribution in [3.8, 4) is 5.75 Å². The molecule has 0 radical (unpaired) electrons. The Hall–Kier alpha value is -3.46. The standard InChI is InChI=1S/C19H13ClF2N2O5/c20-10-2-1-8(13(22)5-10)3-9-4-11(21)6-12-16(9)24-19(29)15(17(12)27)18(28)23-7-14(25)26/h1-2,4-6H,3,7H2,(H,23,28)(H,25,26)(H2,24,27,29). The topological polar surface area (TPSA) is 119 Å². The smallest absolute Gasteiger partial charge is 0.322 e. The number of carboxylic acid groups (broad SMARTS) is 1. The van der Waals surface area contributed by atoms with Crippen LogP contribution in [-0.2, 0) is 11.2 Å². The molecule has 3 aromatic rings. The second kappa shape index (κ2) is 7.88. The predicted octanol–water partition coefficient (Wildman–Crippen LogP) is 2.57. The minimum absolute atomic E-state index is 0.0121. The number of carbonyl (C=O) groups excluding carboxylic acids is 1. The normalized spacial score (nSPS) is 10.9. The molecule has 0 spiro atoms. The predicted molar refractivity (Wildman–Crippen MR) is 100 cm³/mol. The molecule has 0 saturated heterocycles. The molecule has 7 nitrogen and oxygen atoms in total. The van der Waals surface area contributed by atoms with Crippen molar-refractivity contribution in [3.63, 3.8) is 0 Å². The van der Waals surface area contributed by atoms with Crippen molar-refractivity contribution < 1.29 is 28.6 Å². The molecule has 29 heavy (non-hydrogen) atoms. The van der Waals surface area contributed by atoms with Crippen molar-refractivity contribution in [1.82, 2.24) is 10.3 Å². The van der Waals surface area contributed by atoms with Gasteiger partial charge in [0.25, 0.3) is 11.5 Å². The molecule has 1 heterocycles. The first-order valence-electron chi connectivity index (χ1n) is 8.18. The van der Waals surface area contributed by atoms with Crippen LogP contribution in [0.2, 0.25) is 5.02 Å². The van der Waals surface area contributed by atoms with Gasteiger partial charge in [-0.2, -0.15) is 0 Å². The molecule has 0 saturated carbocycles. The fourth-order valence-corrected chi connectivity index (χ4v) is 3.04. The molecule has 0 unspecified atom stereocenters. The summed E-state index contributed by atoms with van der Waals surface area (Å²) in [5.41, 5.74) is -1.43. The van der Waals surface area contributed by atoms with E-state index in [1.165, 1.54) is 12.1 Å². The summed E-state index contributed by atoms with van der Waals surface area (Å²) >= 11 is 5.72. The molecular formula is C19H13ClF2N2O5. The van der Waals surface area contributed by atoms with Gasteiger partial charge in [0.15, 0.2) is 0 Å². The Kier molecular flexibility index (Phi) is 5.51. The number of H-pyrrole nitrogens is 1. The number of hydrogen-bond acceptors (Lipinski definition) is 4. The van der Waals surface area contributed by atoms with Gasteiger partial charge >= 0.3 is 5.97 Å². The summed E-state index contributed by atoms with van der Waals surface area (Å²) in [7, 11) is 0. The van der Waals surface area contributed by atoms with Gasteiger partial charge in [0.1, 0.15) is 29.5 Å². The van der Waals surface area contributed by atoms with Gasteiger partial charge in [-0.25, -0.2) is 8.78 Å². The minimum atomic E-state index is -1.35. The number of pyridine rings is 1. The van der Waals surface area contributed by atoms with Crippen molar-refractivity contribution in [3.05, 3.63) is 74.0 Å². The Bertz CT molecular complexity index is 1210. The van der Waals surface area contributed by atoms with E-state index in [-0.39, 0.29) is 33.5 Å². The van der Waals surface area contributed by atoms with E-state index in [1.807, 2.05) is 5.32 Å². The highest BCUT2D eigenvalue weighted by atomic mass is 35.5. The van der Waals surface area contributed by atoms with Crippen LogP contribution >= 0.6 is 11.6 Å². The lowest BCUT2D eigenvalue weighted by molar-refractivity contribution is -0.135. The highest BCUT2D eigenvalue weighted by Gasteiger charge is 2.22. The molecule has 0 bridgehead atoms. The van der Waals surface area contributed by atoms with E-state index in [2.05, 4.69) is 4.98 Å². The zero-order chi connectivity index (χ0) is 21.3. The first kappa shape index (κ1) is 20.3. The number of aliphatic carboxylic acids is 1. The van der Waals surface area contributed by atoms with Gasteiger partial charge in [-0.3, -0.25) is 14.4 Å². The molecule has 0 aliphatic heterocycles. The minimum Gasteiger partial charge on any atom is -0.506 e. The number of aromatic nitrogens is 1. The lowest BCUT2D eigenvalue weighted by atomic mass is 9.99. The number of halogens is 3. The number of rotatable bonds is 5. The van der Waals surface area contributed by atoms with Crippen molar-refractivity contribution in [2.24, 2.45) is 0 Å². The van der Waals surface area contributed by atoms with Gasteiger partial charge in [0.2, 0.25) is 0 Å². The van der Waals surface area contributed by atoms with E-state index in [4.69, 9.17) is 16.7 Å². The maximum atomic E-state index is 14.1. The number of hydrogen-bond donors (Lipinski definition) is 4. The highest BCUT2D eigenvalue weighted by Crippen LogP contribution is 2.30. The third-order valence-electron chi connectivity index (χ3n) is 4.17. The zero-order valence-electron chi connectivity index (χ0n) is 14.6. The number of benzene rings is 2. The van der Waals surface area contributed by atoms with E-state index in [0.29, 0.717) is 0 Å². The molecule has 3 rings (SSSR count). The summed E-state index contributed by atoms with van der Waals surface area (Å²) in [6.45, 7) is -0.778. The maximum absolute atomic E-state index is 14.1. The van der Waals surface area contributed by atoms with Crippen molar-refractivity contribution in [2.45, 2.75) is 6.42 Å². The molecule has 1 aromatic heterocycles. The van der Waals surface area contributed by atoms with Crippen LogP contribution in [0.5, 0.6) is 5.75 Å². The van der Waals surface area contributed by atoms with Crippen molar-refractivity contribution in [1.29, 1.82) is 0 Å². The molecule has 150 valence electrons. The van der Waals surface area contributed by atoms with Crippen molar-refractivity contribution in [2.75, 3.05) is 6.54 Å². The quantitative estimate of drug-likeness (QED) is 0.504. The summed E-state index contributed by atoms with van der Waals surface area (Å²) in [6, 6.07) is 5.91. The summed E-state index contributed by atoms with van der Waals surface area (Å²) in [5, 5.41) is 21.0. The monoisotopic (exact) mass is 422 g/mol. The SMILES string of the molecule is O=C(O)CNC(=O)c1c(O)c2cc(F)cc(Cc3ccc(Cl)cc3F)c2[nH]c1=O.